The maximum absolute atomic E-state index is 2.36. The van der Waals surface area contributed by atoms with E-state index in [1.807, 2.05) is 166 Å². The average molecular weight is 1690 g/mol. The Morgan fingerprint density at radius 1 is 0.176 bits per heavy atom. The van der Waals surface area contributed by atoms with Gasteiger partial charge in [-0.15, -0.1) is 0 Å². The largest absolute Gasteiger partial charge is 0.307 e. The molecule has 0 saturated carbocycles. The Morgan fingerprint density at radius 3 is 0.592 bits per heavy atom. The van der Waals surface area contributed by atoms with Crippen LogP contribution < -0.4 is 0 Å². The van der Waals surface area contributed by atoms with Crippen molar-refractivity contribution in [3.05, 3.63) is 369 Å². The van der Waals surface area contributed by atoms with Crippen LogP contribution in [0.5, 0.6) is 0 Å². The van der Waals surface area contributed by atoms with Crippen molar-refractivity contribution >= 4 is 0 Å². The van der Waals surface area contributed by atoms with E-state index in [1.54, 1.807) is 0 Å². The van der Waals surface area contributed by atoms with Crippen LogP contribution in [-0.4, -0.2) is 93.6 Å². The second-order valence-electron chi connectivity index (χ2n) is 27.4. The van der Waals surface area contributed by atoms with Gasteiger partial charge in [-0.25, -0.2) is 0 Å². The van der Waals surface area contributed by atoms with Gasteiger partial charge in [0.25, 0.3) is 0 Å². The van der Waals surface area contributed by atoms with E-state index < -0.39 is 0 Å². The highest BCUT2D eigenvalue weighted by Gasteiger charge is 2.49. The van der Waals surface area contributed by atoms with E-state index in [2.05, 4.69) is 381 Å². The molecule has 12 aromatic rings. The van der Waals surface area contributed by atoms with Gasteiger partial charge in [0.15, 0.2) is 0 Å². The second-order valence-corrected chi connectivity index (χ2v) is 27.4. The zero-order valence-electron chi connectivity index (χ0n) is 86.1. The predicted molar refractivity (Wildman–Crippen MR) is 570 cm³/mol. The Morgan fingerprint density at radius 2 is 0.352 bits per heavy atom. The maximum Gasteiger partial charge on any atom is 0.0719 e. The Kier molecular flexibility index (Phi) is 67.3. The van der Waals surface area contributed by atoms with Crippen LogP contribution in [0.15, 0.2) is 285 Å². The summed E-state index contributed by atoms with van der Waals surface area (Å²) in [6.45, 7) is 72.2. The first-order valence-corrected chi connectivity index (χ1v) is 49.3. The molecule has 4 nitrogen and oxygen atoms in total. The lowest BCUT2D eigenvalue weighted by Crippen LogP contribution is -2.34. The zero-order chi connectivity index (χ0) is 94.7. The minimum atomic E-state index is -0.196. The van der Waals surface area contributed by atoms with E-state index >= 15 is 0 Å². The lowest BCUT2D eigenvalue weighted by atomic mass is 9.61. The lowest BCUT2D eigenvalue weighted by molar-refractivity contribution is 0.346. The monoisotopic (exact) mass is 1690 g/mol. The standard InChI is InChI=1S/C26H18.C17H19N.3C13H10.3C5H13N.12C2H6/c1-5-13-22-18(9-1)17-19-10-2-6-14-23(19)26(22)24-15-7-3-11-20(24)21-12-4-8-16-25(21)26;1-3-18(2)12-15-9-6-8-14-11-13-7-4-5-10-16(13)17(14)15;3*1-3-7-12-10(5-1)9-11-6-2-4-8-13(11)12;3*1-4-6(3)5-2;12*1-2/h1-16H,17H2;4-10H,3,11-12H2,1-2H3;3*1-8H,9H2;3*4-5H2,1-3H3;12*1-2H3. The number of hydrogen-bond donors (Lipinski definition) is 0. The zero-order valence-corrected chi connectivity index (χ0v) is 86.1. The van der Waals surface area contributed by atoms with E-state index in [-0.39, 0.29) is 5.41 Å². The molecule has 0 bridgehead atoms. The first-order valence-electron chi connectivity index (χ1n) is 49.3. The second kappa shape index (κ2) is 71.6. The molecule has 0 N–H and O–H groups in total. The van der Waals surface area contributed by atoms with Gasteiger partial charge in [-0.1, -0.05) is 500 Å². The minimum absolute atomic E-state index is 0.196. The molecule has 6 aliphatic carbocycles. The number of hydrogen-bond acceptors (Lipinski definition) is 4. The SMILES string of the molecule is CC.CC.CC.CC.CC.CC.CC.CC.CC.CC.CC.CC.CCN(C)CC.CCN(C)CC.CCN(C)CC.CCN(C)Cc1cccc2c1-c1ccccc1C2.c1ccc2c(c1)Cc1ccccc1-2.c1ccc2c(c1)Cc1ccccc1-2.c1ccc2c(c1)Cc1ccccc1-2.c1ccc2c(c1)Cc1ccccc1C21c2ccccc2-c2ccccc21. The molecule has 0 heterocycles. The van der Waals surface area contributed by atoms with Gasteiger partial charge < -0.3 is 19.6 Å². The van der Waals surface area contributed by atoms with Gasteiger partial charge in [-0.05, 0) is 245 Å². The fraction of sp³-hybridized carbons (Fsp3) is 0.405. The van der Waals surface area contributed by atoms with E-state index in [1.165, 1.54) is 139 Å². The fourth-order valence-corrected chi connectivity index (χ4v) is 15.0. The molecule has 0 saturated heterocycles. The van der Waals surface area contributed by atoms with Gasteiger partial charge >= 0.3 is 0 Å². The molecule has 1 spiro atoms. The quantitative estimate of drug-likeness (QED) is 0.143. The molecule has 0 atom stereocenters. The summed E-state index contributed by atoms with van der Waals surface area (Å²) in [5.74, 6) is 0. The lowest BCUT2D eigenvalue weighted by Gasteiger charge is -2.40. The van der Waals surface area contributed by atoms with Crippen molar-refractivity contribution in [1.82, 2.24) is 19.6 Å². The molecular weight excluding hydrogens is 1510 g/mol. The third-order valence-electron chi connectivity index (χ3n) is 21.4. The van der Waals surface area contributed by atoms with E-state index in [0.717, 1.165) is 84.5 Å². The van der Waals surface area contributed by atoms with Crippen molar-refractivity contribution in [3.8, 4) is 55.6 Å². The Balaban J connectivity index is 0. The molecule has 12 aromatic carbocycles. The molecule has 0 unspecified atom stereocenters. The molecule has 18 rings (SSSR count). The summed E-state index contributed by atoms with van der Waals surface area (Å²) in [5.41, 5.74) is 35.7. The van der Waals surface area contributed by atoms with Crippen LogP contribution in [-0.2, 0) is 44.1 Å². The summed E-state index contributed by atoms with van der Waals surface area (Å²) in [6.07, 6.45) is 5.42. The normalized spacial score (nSPS) is 10.8. The van der Waals surface area contributed by atoms with Crippen LogP contribution in [0.25, 0.3) is 55.6 Å². The maximum atomic E-state index is 2.36. The first-order chi connectivity index (χ1) is 61.5. The summed E-state index contributed by atoms with van der Waals surface area (Å²) in [5, 5.41) is 0. The molecule has 0 amide bonds. The van der Waals surface area contributed by atoms with Gasteiger partial charge in [-0.2, -0.15) is 0 Å². The first kappa shape index (κ1) is 118. The van der Waals surface area contributed by atoms with Crippen LogP contribution in [0.3, 0.4) is 0 Å². The van der Waals surface area contributed by atoms with Crippen molar-refractivity contribution in [2.45, 2.75) is 259 Å². The third-order valence-corrected chi connectivity index (χ3v) is 21.4. The molecule has 125 heavy (non-hydrogen) atoms. The predicted octanol–water partition coefficient (Wildman–Crippen LogP) is 34.6. The molecule has 0 fully saturated rings. The number of fused-ring (bicyclic) bond motifs is 21. The van der Waals surface area contributed by atoms with Crippen LogP contribution in [0.2, 0.25) is 0 Å². The highest BCUT2D eigenvalue weighted by molar-refractivity contribution is 5.88. The summed E-state index contributed by atoms with van der Waals surface area (Å²) in [4.78, 5) is 9.11. The number of benzene rings is 12. The van der Waals surface area contributed by atoms with Crippen LogP contribution in [0.1, 0.15) is 298 Å². The van der Waals surface area contributed by atoms with E-state index in [0.29, 0.717) is 0 Å². The van der Waals surface area contributed by atoms with Gasteiger partial charge in [0.2, 0.25) is 0 Å². The molecule has 4 heteroatoms. The van der Waals surface area contributed by atoms with Crippen molar-refractivity contribution in [2.75, 3.05) is 74.0 Å². The summed E-state index contributed by atoms with van der Waals surface area (Å²) in [7, 11) is 8.51. The fourth-order valence-electron chi connectivity index (χ4n) is 15.0. The third kappa shape index (κ3) is 33.6. The van der Waals surface area contributed by atoms with Crippen molar-refractivity contribution in [1.29, 1.82) is 0 Å². The Hall–Kier alpha value is -9.52. The van der Waals surface area contributed by atoms with E-state index in [4.69, 9.17) is 0 Å². The number of rotatable bonds is 9. The van der Waals surface area contributed by atoms with Crippen molar-refractivity contribution in [3.63, 3.8) is 0 Å². The smallest absolute Gasteiger partial charge is 0.0719 e. The molecule has 0 aliphatic heterocycles. The van der Waals surface area contributed by atoms with Gasteiger partial charge in [-0.3, -0.25) is 0 Å². The average Bonchev–Trinajstić information content (AvgIpc) is 1.54. The Labute approximate surface area is 771 Å². The Bertz CT molecular complexity index is 4200. The number of nitrogens with zero attached hydrogens (tertiary/aromatic N) is 4. The summed E-state index contributed by atoms with van der Waals surface area (Å²) >= 11 is 0. The van der Waals surface area contributed by atoms with Crippen molar-refractivity contribution < 1.29 is 0 Å². The molecule has 682 valence electrons. The van der Waals surface area contributed by atoms with Gasteiger partial charge in [0, 0.05) is 6.54 Å². The van der Waals surface area contributed by atoms with Crippen LogP contribution in [0.4, 0.5) is 0 Å². The molecule has 0 radical (unpaired) electrons. The highest BCUT2D eigenvalue weighted by Crippen LogP contribution is 2.59. The van der Waals surface area contributed by atoms with Crippen LogP contribution in [0, 0.1) is 0 Å². The highest BCUT2D eigenvalue weighted by atomic mass is 15.1. The van der Waals surface area contributed by atoms with E-state index in [9.17, 15) is 0 Å². The topological polar surface area (TPSA) is 13.0 Å². The molecular formula is C121H178N4. The molecule has 0 aromatic heterocycles. The van der Waals surface area contributed by atoms with Gasteiger partial charge in [0.05, 0.1) is 5.41 Å². The summed E-state index contributed by atoms with van der Waals surface area (Å²) in [6, 6.07) is 103. The summed E-state index contributed by atoms with van der Waals surface area (Å²) < 4.78 is 0. The minimum Gasteiger partial charge on any atom is -0.307 e. The van der Waals surface area contributed by atoms with Gasteiger partial charge in [0.1, 0.15) is 0 Å². The molecule has 6 aliphatic rings. The van der Waals surface area contributed by atoms with Crippen LogP contribution >= 0.6 is 0 Å². The van der Waals surface area contributed by atoms with Crippen molar-refractivity contribution in [2.24, 2.45) is 0 Å².